The number of pyridine rings is 1. The van der Waals surface area contributed by atoms with E-state index >= 15 is 0 Å². The van der Waals surface area contributed by atoms with Crippen LogP contribution in [0.3, 0.4) is 0 Å². The lowest BCUT2D eigenvalue weighted by Crippen LogP contribution is -2.20. The van der Waals surface area contributed by atoms with Crippen LogP contribution in [-0.2, 0) is 4.79 Å². The van der Waals surface area contributed by atoms with Crippen LogP contribution in [0.15, 0.2) is 12.3 Å². The van der Waals surface area contributed by atoms with Crippen LogP contribution in [0.1, 0.15) is 57.0 Å². The first-order chi connectivity index (χ1) is 13.4. The quantitative estimate of drug-likeness (QED) is 0.609. The van der Waals surface area contributed by atoms with Gasteiger partial charge in [-0.2, -0.15) is 5.26 Å². The van der Waals surface area contributed by atoms with Gasteiger partial charge < -0.3 is 25.2 Å². The van der Waals surface area contributed by atoms with E-state index in [1.165, 1.54) is 0 Å². The minimum Gasteiger partial charge on any atom is -0.480 e. The molecule has 1 atom stereocenters. The molecule has 4 N–H and O–H groups in total. The Labute approximate surface area is 163 Å². The molecule has 2 aromatic heterocycles. The molecule has 0 bridgehead atoms. The lowest BCUT2D eigenvalue weighted by molar-refractivity contribution is -0.140. The normalized spacial score (nSPS) is 20.0. The fraction of sp³-hybridized carbons (Fsp3) is 0.579. The van der Waals surface area contributed by atoms with Crippen molar-refractivity contribution in [2.45, 2.75) is 51.2 Å². The summed E-state index contributed by atoms with van der Waals surface area (Å²) in [7, 11) is 1.84. The number of aliphatic hydroxyl groups is 2. The van der Waals surface area contributed by atoms with E-state index in [-0.39, 0.29) is 0 Å². The van der Waals surface area contributed by atoms with Gasteiger partial charge in [0.2, 0.25) is 0 Å². The van der Waals surface area contributed by atoms with Gasteiger partial charge in [0.05, 0.1) is 17.8 Å². The van der Waals surface area contributed by atoms with Crippen molar-refractivity contribution in [3.8, 4) is 6.07 Å². The summed E-state index contributed by atoms with van der Waals surface area (Å²) in [4.78, 5) is 18.0. The van der Waals surface area contributed by atoms with Gasteiger partial charge >= 0.3 is 5.97 Å². The summed E-state index contributed by atoms with van der Waals surface area (Å²) >= 11 is 0. The van der Waals surface area contributed by atoms with Crippen LogP contribution in [0.2, 0.25) is 0 Å². The summed E-state index contributed by atoms with van der Waals surface area (Å²) < 4.78 is 2.19. The topological polar surface area (TPSA) is 144 Å². The summed E-state index contributed by atoms with van der Waals surface area (Å²) in [6.45, 7) is 0.978. The number of fused-ring (bicyclic) bond motifs is 1. The highest BCUT2D eigenvalue weighted by Gasteiger charge is 2.27. The number of aromatic nitrogens is 3. The monoisotopic (exact) mass is 389 g/mol. The van der Waals surface area contributed by atoms with Gasteiger partial charge in [0.15, 0.2) is 0 Å². The Morgan fingerprint density at radius 3 is 2.57 bits per heavy atom. The predicted molar refractivity (Wildman–Crippen MR) is 104 cm³/mol. The third-order valence-corrected chi connectivity index (χ3v) is 4.93. The first kappa shape index (κ1) is 21.6. The Morgan fingerprint density at radius 1 is 1.43 bits per heavy atom. The minimum absolute atomic E-state index is 0.326. The van der Waals surface area contributed by atoms with Crippen molar-refractivity contribution in [2.75, 3.05) is 19.0 Å². The molecule has 0 spiro atoms. The highest BCUT2D eigenvalue weighted by atomic mass is 16.4. The zero-order valence-electron chi connectivity index (χ0n) is 16.2. The maximum absolute atomic E-state index is 10.1. The zero-order valence-corrected chi connectivity index (χ0v) is 16.2. The summed E-state index contributed by atoms with van der Waals surface area (Å²) in [6, 6.07) is 4.61. The molecule has 9 heteroatoms. The van der Waals surface area contributed by atoms with Gasteiger partial charge in [-0.25, -0.2) is 14.8 Å². The molecule has 1 aliphatic carbocycles. The fourth-order valence-corrected chi connectivity index (χ4v) is 3.57. The molecule has 2 heterocycles. The summed E-state index contributed by atoms with van der Waals surface area (Å²) in [6.07, 6.45) is 5.95. The molecule has 28 heavy (non-hydrogen) atoms. The van der Waals surface area contributed by atoms with Crippen LogP contribution in [0.4, 0.5) is 5.82 Å². The van der Waals surface area contributed by atoms with E-state index in [0.29, 0.717) is 24.2 Å². The smallest absolute Gasteiger partial charge is 0.329 e. The van der Waals surface area contributed by atoms with Crippen molar-refractivity contribution in [3.05, 3.63) is 18.1 Å². The van der Waals surface area contributed by atoms with Gasteiger partial charge in [-0.1, -0.05) is 0 Å². The number of hydrogen-bond acceptors (Lipinski definition) is 7. The number of carboxylic acid groups (broad SMARTS) is 1. The van der Waals surface area contributed by atoms with E-state index in [1.54, 1.807) is 13.1 Å². The van der Waals surface area contributed by atoms with Gasteiger partial charge in [0, 0.05) is 25.6 Å². The molecule has 1 unspecified atom stereocenters. The molecule has 0 aliphatic heterocycles. The standard InChI is InChI=1S/C17H23N5O.C2H4O3/c1-11(23)17-21-14-10-20-16(19-2)9-15(14)22(17)13-5-3-12(4-6-13)7-8-18;3-1-2(4)5/h9-13,23H,3-7H2,1-2H3,(H,19,20);3H,1H2,(H,4,5)/t11?,12-,13-;. The van der Waals surface area contributed by atoms with E-state index in [4.69, 9.17) is 20.3 Å². The van der Waals surface area contributed by atoms with E-state index in [0.717, 1.165) is 42.5 Å². The molecule has 152 valence electrons. The molecule has 0 aromatic carbocycles. The number of nitriles is 1. The molecule has 1 aliphatic rings. The fourth-order valence-electron chi connectivity index (χ4n) is 3.57. The number of nitrogens with zero attached hydrogens (tertiary/aromatic N) is 4. The SMILES string of the molecule is CNc1cc2c(cn1)nc(C(C)O)n2[C@H]1CC[C@H](CC#N)CC1.O=C(O)CO. The second-order valence-corrected chi connectivity index (χ2v) is 6.91. The van der Waals surface area contributed by atoms with Gasteiger partial charge in [-0.3, -0.25) is 0 Å². The molecular formula is C19H27N5O4. The van der Waals surface area contributed by atoms with Crippen molar-refractivity contribution in [1.29, 1.82) is 5.26 Å². The Kier molecular flexibility index (Phi) is 7.72. The second-order valence-electron chi connectivity index (χ2n) is 6.91. The number of aliphatic carboxylic acids is 1. The van der Waals surface area contributed by atoms with Crippen molar-refractivity contribution in [3.63, 3.8) is 0 Å². The largest absolute Gasteiger partial charge is 0.480 e. The summed E-state index contributed by atoms with van der Waals surface area (Å²) in [5, 5.41) is 37.1. The maximum Gasteiger partial charge on any atom is 0.329 e. The average molecular weight is 389 g/mol. The van der Waals surface area contributed by atoms with Gasteiger partial charge in [0.1, 0.15) is 29.9 Å². The molecule has 9 nitrogen and oxygen atoms in total. The number of anilines is 1. The Bertz CT molecular complexity index is 835. The number of rotatable bonds is 5. The molecule has 2 aromatic rings. The zero-order chi connectivity index (χ0) is 20.7. The lowest BCUT2D eigenvalue weighted by atomic mass is 9.84. The molecule has 3 rings (SSSR count). The number of carboxylic acids is 1. The van der Waals surface area contributed by atoms with Crippen molar-refractivity contribution in [2.24, 2.45) is 5.92 Å². The number of imidazole rings is 1. The third kappa shape index (κ3) is 5.18. The summed E-state index contributed by atoms with van der Waals surface area (Å²) in [5.74, 6) is 0.827. The Hall–Kier alpha value is -2.70. The molecule has 1 fully saturated rings. The Morgan fingerprint density at radius 2 is 2.07 bits per heavy atom. The van der Waals surface area contributed by atoms with Gasteiger partial charge in [-0.15, -0.1) is 0 Å². The van der Waals surface area contributed by atoms with Crippen molar-refractivity contribution < 1.29 is 20.1 Å². The van der Waals surface area contributed by atoms with Crippen molar-refractivity contribution >= 4 is 22.8 Å². The van der Waals surface area contributed by atoms with Gasteiger partial charge in [-0.05, 0) is 38.5 Å². The minimum atomic E-state index is -1.19. The van der Waals surface area contributed by atoms with Crippen LogP contribution in [-0.4, -0.2) is 49.5 Å². The average Bonchev–Trinajstić information content (AvgIpc) is 3.08. The van der Waals surface area contributed by atoms with Crippen molar-refractivity contribution in [1.82, 2.24) is 14.5 Å². The van der Waals surface area contributed by atoms with E-state index in [2.05, 4.69) is 25.9 Å². The van der Waals surface area contributed by atoms with Crippen LogP contribution in [0.25, 0.3) is 11.0 Å². The third-order valence-electron chi connectivity index (χ3n) is 4.93. The molecular weight excluding hydrogens is 362 g/mol. The van der Waals surface area contributed by atoms with E-state index in [1.807, 2.05) is 13.1 Å². The van der Waals surface area contributed by atoms with Crippen LogP contribution in [0.5, 0.6) is 0 Å². The van der Waals surface area contributed by atoms with E-state index in [9.17, 15) is 5.11 Å². The lowest BCUT2D eigenvalue weighted by Gasteiger charge is -2.30. The number of aliphatic hydroxyl groups excluding tert-OH is 2. The van der Waals surface area contributed by atoms with Crippen LogP contribution in [0, 0.1) is 17.2 Å². The summed E-state index contributed by atoms with van der Waals surface area (Å²) in [5.41, 5.74) is 1.84. The van der Waals surface area contributed by atoms with Crippen LogP contribution >= 0.6 is 0 Å². The number of carbonyl (C=O) groups is 1. The van der Waals surface area contributed by atoms with Gasteiger partial charge in [0.25, 0.3) is 0 Å². The van der Waals surface area contributed by atoms with E-state index < -0.39 is 18.7 Å². The first-order valence-electron chi connectivity index (χ1n) is 9.34. The molecule has 0 radical (unpaired) electrons. The second kappa shape index (κ2) is 10.0. The highest BCUT2D eigenvalue weighted by Crippen LogP contribution is 2.37. The molecule has 1 saturated carbocycles. The first-order valence-corrected chi connectivity index (χ1v) is 9.34. The number of hydrogen-bond donors (Lipinski definition) is 4. The maximum atomic E-state index is 10.1. The number of nitrogens with one attached hydrogen (secondary N) is 1. The Balaban J connectivity index is 0.000000500. The highest BCUT2D eigenvalue weighted by molar-refractivity contribution is 5.78. The van der Waals surface area contributed by atoms with Crippen LogP contribution < -0.4 is 5.32 Å². The predicted octanol–water partition coefficient (Wildman–Crippen LogP) is 2.23. The molecule has 0 amide bonds. The molecule has 0 saturated heterocycles.